The molecule has 0 aromatic carbocycles. The first-order valence-corrected chi connectivity index (χ1v) is 6.44. The summed E-state index contributed by atoms with van der Waals surface area (Å²) in [7, 11) is 0. The largest absolute Gasteiger partial charge is 0.394 e. The van der Waals surface area contributed by atoms with Crippen molar-refractivity contribution in [2.45, 2.75) is 55.4 Å². The predicted molar refractivity (Wildman–Crippen MR) is 61.5 cm³/mol. The summed E-state index contributed by atoms with van der Waals surface area (Å²) in [6.07, 6.45) is -14.4. The van der Waals surface area contributed by atoms with Crippen LogP contribution in [-0.2, 0) is 14.2 Å². The van der Waals surface area contributed by atoms with Crippen molar-refractivity contribution in [3.8, 4) is 0 Å². The summed E-state index contributed by atoms with van der Waals surface area (Å²) in [4.78, 5) is 0. The highest BCUT2D eigenvalue weighted by atomic mass is 19.1. The molecule has 10 heteroatoms. The Hall–Kier alpha value is -0.430. The Kier molecular flexibility index (Phi) is 5.46. The summed E-state index contributed by atoms with van der Waals surface area (Å²) in [5, 5.41) is 56.9. The van der Waals surface area contributed by atoms with Gasteiger partial charge in [-0.2, -0.15) is 0 Å². The van der Waals surface area contributed by atoms with Gasteiger partial charge >= 0.3 is 0 Å². The van der Waals surface area contributed by atoms with Crippen molar-refractivity contribution >= 4 is 0 Å². The number of hydrogen-bond donors (Lipinski definition) is 6. The van der Waals surface area contributed by atoms with Gasteiger partial charge in [-0.1, -0.05) is 0 Å². The molecule has 21 heavy (non-hydrogen) atoms. The van der Waals surface area contributed by atoms with Crippen LogP contribution in [0, 0.1) is 0 Å². The Balaban J connectivity index is 2.05. The minimum Gasteiger partial charge on any atom is -0.394 e. The molecule has 2 saturated heterocycles. The molecule has 2 fully saturated rings. The molecule has 6 N–H and O–H groups in total. The number of alkyl halides is 1. The van der Waals surface area contributed by atoms with Crippen molar-refractivity contribution in [2.75, 3.05) is 13.2 Å². The third-order valence-corrected chi connectivity index (χ3v) is 3.55. The molecular formula is C11H19FO9. The second-order valence-electron chi connectivity index (χ2n) is 5.04. The van der Waals surface area contributed by atoms with Gasteiger partial charge in [-0.25, -0.2) is 4.39 Å². The maximum absolute atomic E-state index is 13.3. The Morgan fingerprint density at radius 1 is 1.00 bits per heavy atom. The van der Waals surface area contributed by atoms with Crippen molar-refractivity contribution in [3.05, 3.63) is 0 Å². The lowest BCUT2D eigenvalue weighted by molar-refractivity contribution is -0.334. The zero-order valence-electron chi connectivity index (χ0n) is 10.9. The Labute approximate surface area is 119 Å². The average Bonchev–Trinajstić information content (AvgIpc) is 2.47. The van der Waals surface area contributed by atoms with E-state index in [0.29, 0.717) is 0 Å². The van der Waals surface area contributed by atoms with Crippen LogP contribution >= 0.6 is 0 Å². The smallest absolute Gasteiger partial charge is 0.228 e. The first kappa shape index (κ1) is 16.9. The molecule has 0 aromatic heterocycles. The highest BCUT2D eigenvalue weighted by Gasteiger charge is 2.48. The van der Waals surface area contributed by atoms with Gasteiger partial charge < -0.3 is 44.8 Å². The fraction of sp³-hybridized carbons (Fsp3) is 1.00. The Bertz CT molecular complexity index is 344. The lowest BCUT2D eigenvalue weighted by Gasteiger charge is -2.43. The number of hydrogen-bond acceptors (Lipinski definition) is 9. The van der Waals surface area contributed by atoms with Crippen LogP contribution in [0.1, 0.15) is 0 Å². The normalized spacial score (nSPS) is 51.9. The fourth-order valence-corrected chi connectivity index (χ4v) is 2.26. The molecule has 0 saturated carbocycles. The monoisotopic (exact) mass is 314 g/mol. The first-order valence-electron chi connectivity index (χ1n) is 6.44. The topological polar surface area (TPSA) is 149 Å². The summed E-state index contributed by atoms with van der Waals surface area (Å²) >= 11 is 0. The van der Waals surface area contributed by atoms with Gasteiger partial charge in [0.1, 0.15) is 42.7 Å². The van der Waals surface area contributed by atoms with Gasteiger partial charge in [-0.15, -0.1) is 0 Å². The van der Waals surface area contributed by atoms with Crippen molar-refractivity contribution in [2.24, 2.45) is 0 Å². The quantitative estimate of drug-likeness (QED) is 0.308. The maximum atomic E-state index is 13.3. The molecule has 0 radical (unpaired) electrons. The standard InChI is InChI=1S/C11H19FO9/c12-10-7(17)6(16)9(4(1-13)20-10)21-11-8(18)5(15)3(14)2-19-11/h3-11,13-18H,1-2H2/t3-,4-,5+,6-,7-,8-,9-,10-,11+/m1/s1. The van der Waals surface area contributed by atoms with Crippen molar-refractivity contribution in [3.63, 3.8) is 0 Å². The van der Waals surface area contributed by atoms with Gasteiger partial charge in [0.25, 0.3) is 0 Å². The van der Waals surface area contributed by atoms with E-state index in [0.717, 1.165) is 0 Å². The molecule has 0 aromatic rings. The number of rotatable bonds is 3. The maximum Gasteiger partial charge on any atom is 0.228 e. The van der Waals surface area contributed by atoms with E-state index in [1.807, 2.05) is 0 Å². The van der Waals surface area contributed by atoms with E-state index in [4.69, 9.17) is 14.6 Å². The molecule has 2 heterocycles. The van der Waals surface area contributed by atoms with E-state index < -0.39 is 62.0 Å². The van der Waals surface area contributed by atoms with E-state index in [1.54, 1.807) is 0 Å². The predicted octanol–water partition coefficient (Wildman–Crippen LogP) is -3.78. The average molecular weight is 314 g/mol. The highest BCUT2D eigenvalue weighted by Crippen LogP contribution is 2.27. The van der Waals surface area contributed by atoms with Crippen molar-refractivity contribution in [1.29, 1.82) is 0 Å². The Morgan fingerprint density at radius 2 is 1.67 bits per heavy atom. The van der Waals surface area contributed by atoms with Crippen LogP contribution in [0.5, 0.6) is 0 Å². The van der Waals surface area contributed by atoms with E-state index in [2.05, 4.69) is 4.74 Å². The van der Waals surface area contributed by atoms with Gasteiger partial charge in [0.05, 0.1) is 13.2 Å². The van der Waals surface area contributed by atoms with Gasteiger partial charge in [-0.05, 0) is 0 Å². The zero-order chi connectivity index (χ0) is 15.7. The Morgan fingerprint density at radius 3 is 2.29 bits per heavy atom. The third-order valence-electron chi connectivity index (χ3n) is 3.55. The van der Waals surface area contributed by atoms with Crippen LogP contribution in [0.4, 0.5) is 4.39 Å². The van der Waals surface area contributed by atoms with Crippen LogP contribution in [0.25, 0.3) is 0 Å². The van der Waals surface area contributed by atoms with Gasteiger partial charge in [-0.3, -0.25) is 0 Å². The molecule has 9 nitrogen and oxygen atoms in total. The van der Waals surface area contributed by atoms with E-state index in [-0.39, 0.29) is 6.61 Å². The highest BCUT2D eigenvalue weighted by molar-refractivity contribution is 4.91. The van der Waals surface area contributed by atoms with Gasteiger partial charge in [0, 0.05) is 0 Å². The molecule has 0 bridgehead atoms. The number of ether oxygens (including phenoxy) is 3. The molecule has 0 unspecified atom stereocenters. The summed E-state index contributed by atoms with van der Waals surface area (Å²) in [6, 6.07) is 0. The molecule has 0 spiro atoms. The van der Waals surface area contributed by atoms with Gasteiger partial charge in [0.2, 0.25) is 6.36 Å². The van der Waals surface area contributed by atoms with Crippen LogP contribution in [0.3, 0.4) is 0 Å². The molecular weight excluding hydrogens is 295 g/mol. The minimum absolute atomic E-state index is 0.329. The van der Waals surface area contributed by atoms with Crippen molar-refractivity contribution < 1.29 is 49.2 Å². The lowest BCUT2D eigenvalue weighted by atomic mass is 9.99. The van der Waals surface area contributed by atoms with Crippen LogP contribution in [0.2, 0.25) is 0 Å². The number of aliphatic hydroxyl groups excluding tert-OH is 6. The van der Waals surface area contributed by atoms with E-state index >= 15 is 0 Å². The SMILES string of the molecule is OC[C@H]1O[C@@H](F)[C@H](O)[C@@H](O)[C@@H]1O[C@@H]1OC[C@@H](O)[C@H](O)[C@H]1O. The van der Waals surface area contributed by atoms with Crippen LogP contribution in [0.15, 0.2) is 0 Å². The van der Waals surface area contributed by atoms with Crippen LogP contribution < -0.4 is 0 Å². The summed E-state index contributed by atoms with van der Waals surface area (Å²) in [5.74, 6) is 0. The van der Waals surface area contributed by atoms with Crippen molar-refractivity contribution in [1.82, 2.24) is 0 Å². The molecule has 2 aliphatic heterocycles. The summed E-state index contributed by atoms with van der Waals surface area (Å²) in [6.45, 7) is -1.03. The molecule has 9 atom stereocenters. The minimum atomic E-state index is -2.19. The third kappa shape index (κ3) is 3.33. The second kappa shape index (κ2) is 6.77. The number of aliphatic hydroxyl groups is 6. The molecule has 2 rings (SSSR count). The molecule has 0 aliphatic carbocycles. The summed E-state index contributed by atoms with van der Waals surface area (Å²) < 4.78 is 28.1. The first-order chi connectivity index (χ1) is 9.86. The summed E-state index contributed by atoms with van der Waals surface area (Å²) in [5.41, 5.74) is 0. The molecule has 0 amide bonds. The molecule has 124 valence electrons. The number of halogens is 1. The van der Waals surface area contributed by atoms with E-state index in [1.165, 1.54) is 0 Å². The lowest BCUT2D eigenvalue weighted by Crippen LogP contribution is -2.62. The zero-order valence-corrected chi connectivity index (χ0v) is 10.9. The molecule has 2 aliphatic rings. The second-order valence-corrected chi connectivity index (χ2v) is 5.04. The van der Waals surface area contributed by atoms with Gasteiger partial charge in [0.15, 0.2) is 6.29 Å². The fourth-order valence-electron chi connectivity index (χ4n) is 2.26. The van der Waals surface area contributed by atoms with E-state index in [9.17, 15) is 29.9 Å². The van der Waals surface area contributed by atoms with Crippen LogP contribution in [-0.4, -0.2) is 99.2 Å².